The van der Waals surface area contributed by atoms with E-state index in [0.717, 1.165) is 31.2 Å². The van der Waals surface area contributed by atoms with E-state index < -0.39 is 62.3 Å². The topological polar surface area (TPSA) is 181 Å². The molecule has 4 aliphatic rings. The molecule has 3 aliphatic heterocycles. The zero-order chi connectivity index (χ0) is 32.7. The number of thioether (sulfide) groups is 1. The molecule has 6 unspecified atom stereocenters. The molecule has 3 fully saturated rings. The summed E-state index contributed by atoms with van der Waals surface area (Å²) in [5.41, 5.74) is 0.231. The van der Waals surface area contributed by atoms with Crippen LogP contribution >= 0.6 is 11.8 Å². The summed E-state index contributed by atoms with van der Waals surface area (Å²) < 4.78 is 1.03. The summed E-state index contributed by atoms with van der Waals surface area (Å²) in [7, 11) is 0. The first kappa shape index (κ1) is 30.0. The summed E-state index contributed by atoms with van der Waals surface area (Å²) in [6.07, 6.45) is 5.07. The molecule has 0 bridgehead atoms. The Morgan fingerprint density at radius 2 is 1.80 bits per heavy atom. The predicted molar refractivity (Wildman–Crippen MR) is 167 cm³/mol. The van der Waals surface area contributed by atoms with Crippen molar-refractivity contribution in [2.24, 2.45) is 0 Å². The number of nitrogens with zero attached hydrogens (tertiary/aromatic N) is 3. The lowest BCUT2D eigenvalue weighted by Crippen LogP contribution is -2.71. The van der Waals surface area contributed by atoms with Crippen molar-refractivity contribution < 1.29 is 29.2 Å². The molecular formula is C32H31N5O8S. The number of benzene rings is 2. The number of fused-ring (bicyclic) bond motifs is 4. The standard InChI is InChI=1S/C32H31N5O8S/c1-32(2)26(31(42)43)36-29(41)23(30(36)46-32)34-28(40)22(15-8-4-3-5-9-15)33-27(39)18-14-35-19-11-7-6-10-16(19)17-12-13-20(37(44)45)21(24(17)35)25(18)38/h3-5,8-9,12-14,16,19,22-23,26,30H,6-7,10-11H2,1-2H3,(H,33,39)(H,34,40)(H,42,43). The van der Waals surface area contributed by atoms with Crippen molar-refractivity contribution in [2.75, 3.05) is 0 Å². The smallest absolute Gasteiger partial charge is 0.327 e. The minimum atomic E-state index is -1.33. The molecule has 3 N–H and O–H groups in total. The molecule has 6 atom stereocenters. The molecule has 1 aliphatic carbocycles. The largest absolute Gasteiger partial charge is 0.480 e. The Morgan fingerprint density at radius 1 is 1.09 bits per heavy atom. The van der Waals surface area contributed by atoms with Crippen LogP contribution in [-0.4, -0.2) is 65.4 Å². The Morgan fingerprint density at radius 3 is 2.50 bits per heavy atom. The highest BCUT2D eigenvalue weighted by Crippen LogP contribution is 2.51. The number of aliphatic carboxylic acids is 1. The lowest BCUT2D eigenvalue weighted by Gasteiger charge is -2.44. The van der Waals surface area contributed by atoms with E-state index in [-0.39, 0.29) is 28.6 Å². The van der Waals surface area contributed by atoms with Crippen LogP contribution in [0.4, 0.5) is 5.69 Å². The Kier molecular flexibility index (Phi) is 6.96. The van der Waals surface area contributed by atoms with Gasteiger partial charge >= 0.3 is 5.97 Å². The number of hydrogen-bond acceptors (Lipinski definition) is 8. The lowest BCUT2D eigenvalue weighted by atomic mass is 9.82. The molecule has 4 heterocycles. The number of non-ortho nitro benzene ring substituents is 1. The summed E-state index contributed by atoms with van der Waals surface area (Å²) in [6, 6.07) is 7.89. The third kappa shape index (κ3) is 4.41. The second-order valence-corrected chi connectivity index (χ2v) is 14.6. The number of nitro groups is 1. The zero-order valence-corrected chi connectivity index (χ0v) is 25.8. The van der Waals surface area contributed by atoms with Crippen LogP contribution < -0.4 is 16.1 Å². The average Bonchev–Trinajstić information content (AvgIpc) is 3.49. The highest BCUT2D eigenvalue weighted by atomic mass is 32.2. The number of carboxylic acids is 1. The van der Waals surface area contributed by atoms with E-state index in [9.17, 15) is 39.2 Å². The van der Waals surface area contributed by atoms with Gasteiger partial charge in [0.1, 0.15) is 34.4 Å². The van der Waals surface area contributed by atoms with Gasteiger partial charge in [0.15, 0.2) is 0 Å². The van der Waals surface area contributed by atoms with Gasteiger partial charge in [-0.3, -0.25) is 29.3 Å². The number of pyridine rings is 1. The maximum atomic E-state index is 13.9. The SMILES string of the molecule is CC1(C)SC2C(NC(=O)C(NC(=O)c3cn4c5c(ccc([N+](=O)[O-])c5c3=O)C3CCCCC34)c3ccccc3)C(=O)N2C1C(=O)O. The molecule has 2 aromatic carbocycles. The highest BCUT2D eigenvalue weighted by Gasteiger charge is 2.64. The van der Waals surface area contributed by atoms with Gasteiger partial charge in [0.2, 0.25) is 17.2 Å². The van der Waals surface area contributed by atoms with Crippen molar-refractivity contribution in [2.45, 2.75) is 79.7 Å². The van der Waals surface area contributed by atoms with E-state index >= 15 is 0 Å². The molecule has 3 amide bonds. The van der Waals surface area contributed by atoms with Crippen LogP contribution in [0.1, 0.15) is 79.0 Å². The van der Waals surface area contributed by atoms with Gasteiger partial charge in [-0.05, 0) is 43.9 Å². The minimum absolute atomic E-state index is 0.0519. The van der Waals surface area contributed by atoms with E-state index in [1.54, 1.807) is 50.2 Å². The van der Waals surface area contributed by atoms with Crippen molar-refractivity contribution in [1.29, 1.82) is 0 Å². The fourth-order valence-electron chi connectivity index (χ4n) is 7.71. The fourth-order valence-corrected chi connectivity index (χ4v) is 9.34. The van der Waals surface area contributed by atoms with Crippen LogP contribution in [0.5, 0.6) is 0 Å². The van der Waals surface area contributed by atoms with Crippen molar-refractivity contribution in [3.63, 3.8) is 0 Å². The first-order valence-electron chi connectivity index (χ1n) is 15.2. The van der Waals surface area contributed by atoms with Crippen LogP contribution in [-0.2, 0) is 14.4 Å². The van der Waals surface area contributed by atoms with E-state index in [0.29, 0.717) is 11.1 Å². The number of carboxylic acid groups (broad SMARTS) is 1. The van der Waals surface area contributed by atoms with Gasteiger partial charge in [0, 0.05) is 29.0 Å². The molecule has 7 rings (SSSR count). The number of rotatable bonds is 7. The molecule has 46 heavy (non-hydrogen) atoms. The van der Waals surface area contributed by atoms with E-state index in [1.165, 1.54) is 28.9 Å². The van der Waals surface area contributed by atoms with Crippen LogP contribution in [0.25, 0.3) is 10.9 Å². The third-order valence-corrected chi connectivity index (χ3v) is 11.3. The van der Waals surface area contributed by atoms with Crippen LogP contribution in [0.15, 0.2) is 53.5 Å². The summed E-state index contributed by atoms with van der Waals surface area (Å²) in [4.78, 5) is 79.3. The molecular weight excluding hydrogens is 614 g/mol. The summed E-state index contributed by atoms with van der Waals surface area (Å²) in [6.45, 7) is 3.45. The first-order chi connectivity index (χ1) is 21.9. The molecule has 0 radical (unpaired) electrons. The Balaban J connectivity index is 1.23. The van der Waals surface area contributed by atoms with Gasteiger partial charge < -0.3 is 25.2 Å². The van der Waals surface area contributed by atoms with E-state index in [2.05, 4.69) is 10.6 Å². The van der Waals surface area contributed by atoms with Gasteiger partial charge in [-0.25, -0.2) is 4.79 Å². The number of carbonyl (C=O) groups is 4. The summed E-state index contributed by atoms with van der Waals surface area (Å²) >= 11 is 1.27. The van der Waals surface area contributed by atoms with E-state index in [1.807, 2.05) is 4.57 Å². The molecule has 0 spiro atoms. The van der Waals surface area contributed by atoms with Gasteiger partial charge in [0.05, 0.1) is 10.4 Å². The van der Waals surface area contributed by atoms with E-state index in [4.69, 9.17) is 0 Å². The van der Waals surface area contributed by atoms with Gasteiger partial charge in [-0.2, -0.15) is 0 Å². The number of carbonyl (C=O) groups excluding carboxylic acids is 3. The summed E-state index contributed by atoms with van der Waals surface area (Å²) in [5.74, 6) is -3.20. The number of hydrogen-bond donors (Lipinski definition) is 3. The minimum Gasteiger partial charge on any atom is -0.480 e. The highest BCUT2D eigenvalue weighted by molar-refractivity contribution is 8.01. The summed E-state index contributed by atoms with van der Waals surface area (Å²) in [5, 5.41) is 26.4. The molecule has 3 aromatic rings. The maximum absolute atomic E-state index is 13.9. The average molecular weight is 646 g/mol. The monoisotopic (exact) mass is 645 g/mol. The molecule has 1 aromatic heterocycles. The Hall–Kier alpha value is -4.72. The van der Waals surface area contributed by atoms with Crippen molar-refractivity contribution in [3.8, 4) is 0 Å². The number of nitro benzene ring substituents is 1. The fraction of sp³-hybridized carbons (Fsp3) is 0.406. The predicted octanol–water partition coefficient (Wildman–Crippen LogP) is 3.22. The van der Waals surface area contributed by atoms with Crippen molar-refractivity contribution in [1.82, 2.24) is 20.1 Å². The zero-order valence-electron chi connectivity index (χ0n) is 25.0. The second-order valence-electron chi connectivity index (χ2n) is 12.8. The van der Waals surface area contributed by atoms with Crippen molar-refractivity contribution in [3.05, 3.63) is 85.7 Å². The van der Waals surface area contributed by atoms with Crippen LogP contribution in [0.2, 0.25) is 0 Å². The molecule has 1 saturated carbocycles. The lowest BCUT2D eigenvalue weighted by molar-refractivity contribution is -0.383. The second kappa shape index (κ2) is 10.7. The Bertz CT molecular complexity index is 1910. The van der Waals surface area contributed by atoms with Gasteiger partial charge in [-0.15, -0.1) is 11.8 Å². The number of β-lactam (4-membered cyclic amide) rings is 1. The van der Waals surface area contributed by atoms with Gasteiger partial charge in [-0.1, -0.05) is 43.2 Å². The van der Waals surface area contributed by atoms with Crippen molar-refractivity contribution >= 4 is 52.0 Å². The number of nitrogens with one attached hydrogen (secondary N) is 2. The molecule has 13 nitrogen and oxygen atoms in total. The van der Waals surface area contributed by atoms with Crippen LogP contribution in [0.3, 0.4) is 0 Å². The quantitative estimate of drug-likeness (QED) is 0.197. The number of aromatic nitrogens is 1. The maximum Gasteiger partial charge on any atom is 0.327 e. The molecule has 14 heteroatoms. The third-order valence-electron chi connectivity index (χ3n) is 9.76. The molecule has 2 saturated heterocycles. The first-order valence-corrected chi connectivity index (χ1v) is 16.0. The number of amides is 3. The van der Waals surface area contributed by atoms with Gasteiger partial charge in [0.25, 0.3) is 11.6 Å². The normalized spacial score (nSPS) is 26.1. The Labute approximate surface area is 266 Å². The van der Waals surface area contributed by atoms with Crippen LogP contribution in [0, 0.1) is 10.1 Å². The molecule has 238 valence electrons.